The number of benzene rings is 1. The van der Waals surface area contributed by atoms with E-state index in [9.17, 15) is 4.79 Å². The lowest BCUT2D eigenvalue weighted by molar-refractivity contribution is -0.122. The van der Waals surface area contributed by atoms with Crippen LogP contribution in [-0.4, -0.2) is 11.9 Å². The van der Waals surface area contributed by atoms with Crippen molar-refractivity contribution in [1.82, 2.24) is 5.32 Å². The summed E-state index contributed by atoms with van der Waals surface area (Å²) in [6.07, 6.45) is 0.820. The Balaban J connectivity index is 0.00000256. The predicted octanol–water partition coefficient (Wildman–Crippen LogP) is 2.68. The number of hydrogen-bond donors (Lipinski definition) is 2. The third-order valence-corrected chi connectivity index (χ3v) is 2.66. The van der Waals surface area contributed by atoms with Crippen molar-refractivity contribution in [3.05, 3.63) is 34.9 Å². The molecule has 0 fully saturated rings. The van der Waals surface area contributed by atoms with E-state index in [2.05, 4.69) is 5.32 Å². The summed E-state index contributed by atoms with van der Waals surface area (Å²) in [7, 11) is 0. The molecule has 3 N–H and O–H groups in total. The van der Waals surface area contributed by atoms with E-state index < -0.39 is 6.04 Å². The number of carbonyl (C=O) groups is 1. The Bertz CT molecular complexity index is 352. The monoisotopic (exact) mass is 276 g/mol. The zero-order valence-electron chi connectivity index (χ0n) is 9.94. The minimum atomic E-state index is -0.485. The quantitative estimate of drug-likeness (QED) is 0.889. The van der Waals surface area contributed by atoms with Gasteiger partial charge in [-0.05, 0) is 31.0 Å². The van der Waals surface area contributed by atoms with E-state index in [1.165, 1.54) is 0 Å². The van der Waals surface area contributed by atoms with Crippen molar-refractivity contribution in [3.8, 4) is 0 Å². The number of halogens is 2. The van der Waals surface area contributed by atoms with E-state index in [1.807, 2.05) is 31.2 Å². The van der Waals surface area contributed by atoms with Crippen LogP contribution in [0.25, 0.3) is 0 Å². The fraction of sp³-hybridized carbons (Fsp3) is 0.417. The smallest absolute Gasteiger partial charge is 0.237 e. The molecule has 0 spiro atoms. The SMILES string of the molecule is CCC(NC(=O)[C@H](C)N)c1ccc(Cl)cc1.Cl. The van der Waals surface area contributed by atoms with Crippen molar-refractivity contribution >= 4 is 29.9 Å². The van der Waals surface area contributed by atoms with Crippen molar-refractivity contribution in [2.75, 3.05) is 0 Å². The van der Waals surface area contributed by atoms with Crippen LogP contribution in [0.1, 0.15) is 31.9 Å². The number of hydrogen-bond acceptors (Lipinski definition) is 2. The molecule has 0 saturated heterocycles. The van der Waals surface area contributed by atoms with Crippen LogP contribution in [0, 0.1) is 0 Å². The molecule has 96 valence electrons. The minimum Gasteiger partial charge on any atom is -0.348 e. The molecule has 0 aliphatic carbocycles. The number of carbonyl (C=O) groups excluding carboxylic acids is 1. The van der Waals surface area contributed by atoms with E-state index in [0.29, 0.717) is 5.02 Å². The van der Waals surface area contributed by atoms with Crippen LogP contribution in [0.4, 0.5) is 0 Å². The Morgan fingerprint density at radius 1 is 1.41 bits per heavy atom. The van der Waals surface area contributed by atoms with Gasteiger partial charge >= 0.3 is 0 Å². The molecule has 3 nitrogen and oxygen atoms in total. The van der Waals surface area contributed by atoms with Gasteiger partial charge in [0.15, 0.2) is 0 Å². The third-order valence-electron chi connectivity index (χ3n) is 2.41. The molecule has 0 heterocycles. The second kappa shape index (κ2) is 7.54. The number of nitrogens with two attached hydrogens (primary N) is 1. The number of rotatable bonds is 4. The molecule has 0 aliphatic heterocycles. The molecular formula is C12H18Cl2N2O. The first kappa shape index (κ1) is 16.2. The van der Waals surface area contributed by atoms with E-state index in [1.54, 1.807) is 6.92 Å². The van der Waals surface area contributed by atoms with Gasteiger partial charge in [0, 0.05) is 5.02 Å². The lowest BCUT2D eigenvalue weighted by Gasteiger charge is -2.18. The van der Waals surface area contributed by atoms with Gasteiger partial charge in [0.1, 0.15) is 0 Å². The summed E-state index contributed by atoms with van der Waals surface area (Å²) in [5.41, 5.74) is 6.55. The highest BCUT2D eigenvalue weighted by Crippen LogP contribution is 2.19. The predicted molar refractivity (Wildman–Crippen MR) is 73.5 cm³/mol. The van der Waals surface area contributed by atoms with Crippen molar-refractivity contribution in [3.63, 3.8) is 0 Å². The maximum atomic E-state index is 11.5. The summed E-state index contributed by atoms with van der Waals surface area (Å²) >= 11 is 5.81. The fourth-order valence-corrected chi connectivity index (χ4v) is 1.55. The van der Waals surface area contributed by atoms with Crippen LogP contribution in [0.2, 0.25) is 5.02 Å². The molecule has 0 aromatic heterocycles. The Kier molecular flexibility index (Phi) is 7.19. The molecule has 1 aromatic rings. The molecular weight excluding hydrogens is 259 g/mol. The van der Waals surface area contributed by atoms with Crippen LogP contribution in [0.15, 0.2) is 24.3 Å². The van der Waals surface area contributed by atoms with E-state index in [-0.39, 0.29) is 24.4 Å². The average Bonchev–Trinajstić information content (AvgIpc) is 2.26. The van der Waals surface area contributed by atoms with Gasteiger partial charge < -0.3 is 11.1 Å². The Morgan fingerprint density at radius 3 is 2.35 bits per heavy atom. The largest absolute Gasteiger partial charge is 0.348 e. The lowest BCUT2D eigenvalue weighted by atomic mass is 10.0. The van der Waals surface area contributed by atoms with E-state index in [4.69, 9.17) is 17.3 Å². The highest BCUT2D eigenvalue weighted by atomic mass is 35.5. The second-order valence-corrected chi connectivity index (χ2v) is 4.25. The molecule has 2 atom stereocenters. The molecule has 1 aromatic carbocycles. The highest BCUT2D eigenvalue weighted by Gasteiger charge is 2.14. The first-order valence-corrected chi connectivity index (χ1v) is 5.73. The summed E-state index contributed by atoms with van der Waals surface area (Å²) in [5.74, 6) is -0.137. The summed E-state index contributed by atoms with van der Waals surface area (Å²) in [5, 5.41) is 3.59. The first-order valence-electron chi connectivity index (χ1n) is 5.36. The zero-order valence-corrected chi connectivity index (χ0v) is 11.5. The molecule has 5 heteroatoms. The van der Waals surface area contributed by atoms with Crippen LogP contribution in [0.5, 0.6) is 0 Å². The molecule has 0 aliphatic rings. The summed E-state index contributed by atoms with van der Waals surface area (Å²) < 4.78 is 0. The van der Waals surface area contributed by atoms with Gasteiger partial charge in [0.25, 0.3) is 0 Å². The van der Waals surface area contributed by atoms with Gasteiger partial charge in [-0.15, -0.1) is 12.4 Å². The summed E-state index contributed by atoms with van der Waals surface area (Å²) in [4.78, 5) is 11.5. The average molecular weight is 277 g/mol. The molecule has 0 saturated carbocycles. The number of amides is 1. The topological polar surface area (TPSA) is 55.1 Å². The molecule has 17 heavy (non-hydrogen) atoms. The minimum absolute atomic E-state index is 0. The maximum absolute atomic E-state index is 11.5. The fourth-order valence-electron chi connectivity index (χ4n) is 1.42. The van der Waals surface area contributed by atoms with Gasteiger partial charge in [0.2, 0.25) is 5.91 Å². The van der Waals surface area contributed by atoms with Crippen molar-refractivity contribution < 1.29 is 4.79 Å². The maximum Gasteiger partial charge on any atom is 0.237 e. The van der Waals surface area contributed by atoms with Crippen molar-refractivity contribution in [2.45, 2.75) is 32.4 Å². The van der Waals surface area contributed by atoms with Gasteiger partial charge in [-0.25, -0.2) is 0 Å². The van der Waals surface area contributed by atoms with Crippen LogP contribution in [-0.2, 0) is 4.79 Å². The van der Waals surface area contributed by atoms with Crippen LogP contribution in [0.3, 0.4) is 0 Å². The van der Waals surface area contributed by atoms with Gasteiger partial charge in [-0.1, -0.05) is 30.7 Å². The molecule has 1 rings (SSSR count). The van der Waals surface area contributed by atoms with Crippen LogP contribution >= 0.6 is 24.0 Å². The summed E-state index contributed by atoms with van der Waals surface area (Å²) in [6.45, 7) is 3.69. The normalized spacial score (nSPS) is 13.4. The van der Waals surface area contributed by atoms with Crippen LogP contribution < -0.4 is 11.1 Å². The Labute approximate surface area is 113 Å². The molecule has 0 bridgehead atoms. The zero-order chi connectivity index (χ0) is 12.1. The van der Waals surface area contributed by atoms with Gasteiger partial charge in [0.05, 0.1) is 12.1 Å². The Morgan fingerprint density at radius 2 is 1.94 bits per heavy atom. The highest BCUT2D eigenvalue weighted by molar-refractivity contribution is 6.30. The van der Waals surface area contributed by atoms with Crippen molar-refractivity contribution in [1.29, 1.82) is 0 Å². The Hall–Kier alpha value is -0.770. The van der Waals surface area contributed by atoms with Gasteiger partial charge in [-0.2, -0.15) is 0 Å². The third kappa shape index (κ3) is 4.94. The van der Waals surface area contributed by atoms with E-state index in [0.717, 1.165) is 12.0 Å². The van der Waals surface area contributed by atoms with Gasteiger partial charge in [-0.3, -0.25) is 4.79 Å². The number of nitrogens with one attached hydrogen (secondary N) is 1. The van der Waals surface area contributed by atoms with Crippen molar-refractivity contribution in [2.24, 2.45) is 5.73 Å². The first-order chi connectivity index (χ1) is 7.54. The summed E-state index contributed by atoms with van der Waals surface area (Å²) in [6, 6.07) is 6.97. The molecule has 1 amide bonds. The van der Waals surface area contributed by atoms with E-state index >= 15 is 0 Å². The lowest BCUT2D eigenvalue weighted by Crippen LogP contribution is -2.40. The molecule has 0 radical (unpaired) electrons. The molecule has 1 unspecified atom stereocenters. The standard InChI is InChI=1S/C12H17ClN2O.ClH/c1-3-11(15-12(16)8(2)14)9-4-6-10(13)7-5-9;/h4-8,11H,3,14H2,1-2H3,(H,15,16);1H/t8-,11?;/m0./s1. The second-order valence-electron chi connectivity index (χ2n) is 3.81.